The molecule has 0 spiro atoms. The molecule has 2 N–H and O–H groups in total. The minimum Gasteiger partial charge on any atom is -0.398 e. The number of amides is 1. The third-order valence-corrected chi connectivity index (χ3v) is 4.54. The van der Waals surface area contributed by atoms with E-state index in [2.05, 4.69) is 0 Å². The van der Waals surface area contributed by atoms with E-state index in [1.807, 2.05) is 37.9 Å². The number of rotatable bonds is 2. The summed E-state index contributed by atoms with van der Waals surface area (Å²) >= 11 is 0. The lowest BCUT2D eigenvalue weighted by Crippen LogP contribution is -2.37. The summed E-state index contributed by atoms with van der Waals surface area (Å²) in [6, 6.07) is 4.22. The van der Waals surface area contributed by atoms with E-state index in [0.717, 1.165) is 29.5 Å². The first-order chi connectivity index (χ1) is 9.50. The monoisotopic (exact) mass is 274 g/mol. The lowest BCUT2D eigenvalue weighted by atomic mass is 10.0. The standard InChI is InChI=1S/C17H26N2O/c1-12-10-13(2)16(18)11-15(12)17(20)19(3)14-8-6-4-5-7-9-14/h10-11,14H,4-9,18H2,1-3H3. The molecule has 0 unspecified atom stereocenters. The fourth-order valence-corrected chi connectivity index (χ4v) is 3.10. The third-order valence-electron chi connectivity index (χ3n) is 4.54. The minimum absolute atomic E-state index is 0.112. The highest BCUT2D eigenvalue weighted by molar-refractivity contribution is 5.96. The Morgan fingerprint density at radius 3 is 2.30 bits per heavy atom. The first kappa shape index (κ1) is 14.9. The van der Waals surface area contributed by atoms with Crippen LogP contribution in [0.25, 0.3) is 0 Å². The maximum Gasteiger partial charge on any atom is 0.254 e. The molecule has 20 heavy (non-hydrogen) atoms. The van der Waals surface area contributed by atoms with Gasteiger partial charge in [-0.05, 0) is 43.9 Å². The summed E-state index contributed by atoms with van der Waals surface area (Å²) in [6.07, 6.45) is 7.32. The molecule has 2 rings (SSSR count). The van der Waals surface area contributed by atoms with E-state index in [9.17, 15) is 4.79 Å². The summed E-state index contributed by atoms with van der Waals surface area (Å²) in [5.41, 5.74) is 9.47. The zero-order valence-corrected chi connectivity index (χ0v) is 12.9. The van der Waals surface area contributed by atoms with Crippen molar-refractivity contribution in [1.82, 2.24) is 4.90 Å². The Labute approximate surface area is 122 Å². The van der Waals surface area contributed by atoms with Crippen molar-refractivity contribution in [2.75, 3.05) is 12.8 Å². The predicted molar refractivity (Wildman–Crippen MR) is 83.9 cm³/mol. The van der Waals surface area contributed by atoms with E-state index in [1.54, 1.807) is 0 Å². The van der Waals surface area contributed by atoms with Crippen LogP contribution < -0.4 is 5.73 Å². The zero-order chi connectivity index (χ0) is 14.7. The maximum atomic E-state index is 12.7. The molecule has 1 aromatic carbocycles. The molecule has 110 valence electrons. The predicted octanol–water partition coefficient (Wildman–Crippen LogP) is 3.68. The molecule has 0 aliphatic heterocycles. The first-order valence-corrected chi connectivity index (χ1v) is 7.64. The smallest absolute Gasteiger partial charge is 0.254 e. The summed E-state index contributed by atoms with van der Waals surface area (Å²) < 4.78 is 0. The number of nitrogen functional groups attached to an aromatic ring is 1. The molecule has 3 heteroatoms. The van der Waals surface area contributed by atoms with Gasteiger partial charge in [0, 0.05) is 24.3 Å². The summed E-state index contributed by atoms with van der Waals surface area (Å²) in [7, 11) is 1.94. The zero-order valence-electron chi connectivity index (χ0n) is 12.9. The van der Waals surface area contributed by atoms with Gasteiger partial charge in [0.1, 0.15) is 0 Å². The highest BCUT2D eigenvalue weighted by atomic mass is 16.2. The van der Waals surface area contributed by atoms with Gasteiger partial charge in [-0.1, -0.05) is 31.7 Å². The van der Waals surface area contributed by atoms with Crippen LogP contribution in [0.5, 0.6) is 0 Å². The molecule has 1 aromatic rings. The molecule has 1 fully saturated rings. The second-order valence-corrected chi connectivity index (χ2v) is 6.09. The van der Waals surface area contributed by atoms with Gasteiger partial charge in [0.15, 0.2) is 0 Å². The van der Waals surface area contributed by atoms with E-state index in [0.29, 0.717) is 11.7 Å². The summed E-state index contributed by atoms with van der Waals surface area (Å²) in [6.45, 7) is 3.96. The fourth-order valence-electron chi connectivity index (χ4n) is 3.10. The van der Waals surface area contributed by atoms with Crippen LogP contribution in [0.1, 0.15) is 60.0 Å². The van der Waals surface area contributed by atoms with E-state index < -0.39 is 0 Å². The number of aryl methyl sites for hydroxylation is 2. The molecular formula is C17H26N2O. The van der Waals surface area contributed by atoms with E-state index in [4.69, 9.17) is 5.73 Å². The van der Waals surface area contributed by atoms with Crippen LogP contribution in [-0.4, -0.2) is 23.9 Å². The molecule has 0 radical (unpaired) electrons. The van der Waals surface area contributed by atoms with Gasteiger partial charge in [0.25, 0.3) is 5.91 Å². The largest absolute Gasteiger partial charge is 0.398 e. The highest BCUT2D eigenvalue weighted by Crippen LogP contribution is 2.24. The van der Waals surface area contributed by atoms with Crippen LogP contribution in [0.15, 0.2) is 12.1 Å². The van der Waals surface area contributed by atoms with E-state index in [1.165, 1.54) is 25.7 Å². The second kappa shape index (κ2) is 6.29. The van der Waals surface area contributed by atoms with Gasteiger partial charge in [-0.3, -0.25) is 4.79 Å². The van der Waals surface area contributed by atoms with Crippen LogP contribution in [-0.2, 0) is 0 Å². The topological polar surface area (TPSA) is 46.3 Å². The van der Waals surface area contributed by atoms with Crippen LogP contribution in [0, 0.1) is 13.8 Å². The van der Waals surface area contributed by atoms with Crippen LogP contribution in [0.2, 0.25) is 0 Å². The van der Waals surface area contributed by atoms with E-state index in [-0.39, 0.29) is 5.91 Å². The SMILES string of the molecule is Cc1cc(C)c(C(=O)N(C)C2CCCCCC2)cc1N. The van der Waals surface area contributed by atoms with Crippen molar-refractivity contribution in [2.24, 2.45) is 0 Å². The number of anilines is 1. The van der Waals surface area contributed by atoms with Crippen molar-refractivity contribution < 1.29 is 4.79 Å². The van der Waals surface area contributed by atoms with Crippen LogP contribution in [0.4, 0.5) is 5.69 Å². The van der Waals surface area contributed by atoms with Crippen molar-refractivity contribution in [3.8, 4) is 0 Å². The van der Waals surface area contributed by atoms with Gasteiger partial charge in [-0.15, -0.1) is 0 Å². The maximum absolute atomic E-state index is 12.7. The van der Waals surface area contributed by atoms with Gasteiger partial charge in [-0.2, -0.15) is 0 Å². The molecule has 1 aliphatic carbocycles. The summed E-state index contributed by atoms with van der Waals surface area (Å²) in [4.78, 5) is 14.6. The van der Waals surface area contributed by atoms with Gasteiger partial charge in [0.2, 0.25) is 0 Å². The number of nitrogens with two attached hydrogens (primary N) is 1. The third kappa shape index (κ3) is 3.14. The van der Waals surface area contributed by atoms with Crippen molar-refractivity contribution >= 4 is 11.6 Å². The van der Waals surface area contributed by atoms with Crippen molar-refractivity contribution in [1.29, 1.82) is 0 Å². The van der Waals surface area contributed by atoms with Crippen molar-refractivity contribution in [3.63, 3.8) is 0 Å². The van der Waals surface area contributed by atoms with Gasteiger partial charge >= 0.3 is 0 Å². The molecule has 0 bridgehead atoms. The normalized spacial score (nSPS) is 16.8. The summed E-state index contributed by atoms with van der Waals surface area (Å²) in [5, 5.41) is 0. The Balaban J connectivity index is 2.19. The Hall–Kier alpha value is -1.51. The molecule has 1 aliphatic rings. The molecule has 0 atom stereocenters. The lowest BCUT2D eigenvalue weighted by Gasteiger charge is -2.28. The quantitative estimate of drug-likeness (QED) is 0.660. The molecule has 1 saturated carbocycles. The van der Waals surface area contributed by atoms with E-state index >= 15 is 0 Å². The second-order valence-electron chi connectivity index (χ2n) is 6.09. The number of benzene rings is 1. The first-order valence-electron chi connectivity index (χ1n) is 7.64. The molecule has 0 aromatic heterocycles. The van der Waals surface area contributed by atoms with Gasteiger partial charge in [0.05, 0.1) is 0 Å². The number of carbonyl (C=O) groups is 1. The van der Waals surface area contributed by atoms with Gasteiger partial charge < -0.3 is 10.6 Å². The lowest BCUT2D eigenvalue weighted by molar-refractivity contribution is 0.0717. The van der Waals surface area contributed by atoms with Crippen LogP contribution >= 0.6 is 0 Å². The highest BCUT2D eigenvalue weighted by Gasteiger charge is 2.23. The molecule has 0 saturated heterocycles. The Morgan fingerprint density at radius 1 is 1.10 bits per heavy atom. The Kier molecular flexibility index (Phi) is 4.69. The molecule has 3 nitrogen and oxygen atoms in total. The Bertz CT molecular complexity index is 488. The van der Waals surface area contributed by atoms with Crippen molar-refractivity contribution in [3.05, 3.63) is 28.8 Å². The van der Waals surface area contributed by atoms with Crippen LogP contribution in [0.3, 0.4) is 0 Å². The number of hydrogen-bond acceptors (Lipinski definition) is 2. The molecule has 0 heterocycles. The Morgan fingerprint density at radius 2 is 1.70 bits per heavy atom. The number of nitrogens with zero attached hydrogens (tertiary/aromatic N) is 1. The fraction of sp³-hybridized carbons (Fsp3) is 0.588. The van der Waals surface area contributed by atoms with Gasteiger partial charge in [-0.25, -0.2) is 0 Å². The minimum atomic E-state index is 0.112. The molecule has 1 amide bonds. The number of hydrogen-bond donors (Lipinski definition) is 1. The average Bonchev–Trinajstić information content (AvgIpc) is 2.70. The summed E-state index contributed by atoms with van der Waals surface area (Å²) in [5.74, 6) is 0.112. The number of carbonyl (C=O) groups excluding carboxylic acids is 1. The average molecular weight is 274 g/mol. The van der Waals surface area contributed by atoms with Crippen molar-refractivity contribution in [2.45, 2.75) is 58.4 Å². The molecular weight excluding hydrogens is 248 g/mol.